The highest BCUT2D eigenvalue weighted by Crippen LogP contribution is 2.18. The minimum absolute atomic E-state index is 0.0237. The van der Waals surface area contributed by atoms with E-state index in [-0.39, 0.29) is 11.3 Å². The van der Waals surface area contributed by atoms with Gasteiger partial charge < -0.3 is 4.74 Å². The number of esters is 1. The predicted molar refractivity (Wildman–Crippen MR) is 59.6 cm³/mol. The van der Waals surface area contributed by atoms with Crippen molar-refractivity contribution < 1.29 is 14.3 Å². The van der Waals surface area contributed by atoms with E-state index in [0.29, 0.717) is 11.8 Å². The van der Waals surface area contributed by atoms with Crippen molar-refractivity contribution in [2.75, 3.05) is 7.11 Å². The smallest absolute Gasteiger partial charge is 0.359 e. The summed E-state index contributed by atoms with van der Waals surface area (Å²) in [5.74, 6) is -0.623. The summed E-state index contributed by atoms with van der Waals surface area (Å²) in [6.07, 6.45) is 2.26. The number of rotatable bonds is 2. The highest BCUT2D eigenvalue weighted by molar-refractivity contribution is 9.10. The Hall–Kier alpha value is -1.69. The number of aldehydes is 1. The largest absolute Gasteiger partial charge is 0.464 e. The number of carbonyl (C=O) groups excluding carboxylic acids is 2. The molecule has 0 aliphatic carbocycles. The average Bonchev–Trinajstić information content (AvgIpc) is 2.65. The minimum atomic E-state index is -0.623. The molecular weight excluding hydrogens is 276 g/mol. The van der Waals surface area contributed by atoms with E-state index < -0.39 is 5.97 Å². The lowest BCUT2D eigenvalue weighted by atomic mass is 10.2. The van der Waals surface area contributed by atoms with E-state index in [2.05, 4.69) is 25.8 Å². The second kappa shape index (κ2) is 4.05. The first kappa shape index (κ1) is 10.8. The van der Waals surface area contributed by atoms with Crippen LogP contribution >= 0.6 is 15.9 Å². The highest BCUT2D eigenvalue weighted by atomic mass is 79.9. The summed E-state index contributed by atoms with van der Waals surface area (Å²) in [5, 5.41) is 4.00. The van der Waals surface area contributed by atoms with Gasteiger partial charge in [0.1, 0.15) is 0 Å². The van der Waals surface area contributed by atoms with Crippen LogP contribution in [-0.2, 0) is 4.74 Å². The van der Waals surface area contributed by atoms with Gasteiger partial charge in [-0.05, 0) is 28.1 Å². The molecular formula is C10H7BrN2O3. The quantitative estimate of drug-likeness (QED) is 0.621. The summed E-state index contributed by atoms with van der Waals surface area (Å²) in [5.41, 5.74) is 0.827. The Morgan fingerprint density at radius 1 is 1.56 bits per heavy atom. The predicted octanol–water partition coefficient (Wildman–Crippen LogP) is 1.70. The van der Waals surface area contributed by atoms with Gasteiger partial charge in [-0.3, -0.25) is 4.79 Å². The summed E-state index contributed by atoms with van der Waals surface area (Å²) < 4.78 is 6.81. The van der Waals surface area contributed by atoms with E-state index >= 15 is 0 Å². The Kier molecular flexibility index (Phi) is 2.74. The minimum Gasteiger partial charge on any atom is -0.464 e. The van der Waals surface area contributed by atoms with Gasteiger partial charge in [-0.2, -0.15) is 5.10 Å². The maximum Gasteiger partial charge on any atom is 0.359 e. The van der Waals surface area contributed by atoms with E-state index in [1.54, 1.807) is 18.3 Å². The van der Waals surface area contributed by atoms with Crippen LogP contribution < -0.4 is 0 Å². The molecule has 0 N–H and O–H groups in total. The van der Waals surface area contributed by atoms with Crippen molar-refractivity contribution in [3.8, 4) is 0 Å². The molecule has 2 aromatic heterocycles. The molecule has 5 nitrogen and oxygen atoms in total. The number of hydrogen-bond donors (Lipinski definition) is 0. The van der Waals surface area contributed by atoms with Gasteiger partial charge in [0.25, 0.3) is 0 Å². The Morgan fingerprint density at radius 2 is 2.31 bits per heavy atom. The van der Waals surface area contributed by atoms with Crippen molar-refractivity contribution in [2.45, 2.75) is 0 Å². The first-order chi connectivity index (χ1) is 7.67. The first-order valence-electron chi connectivity index (χ1n) is 4.38. The van der Waals surface area contributed by atoms with Gasteiger partial charge in [0.15, 0.2) is 12.0 Å². The third-order valence-corrected chi connectivity index (χ3v) is 2.60. The van der Waals surface area contributed by atoms with E-state index in [9.17, 15) is 9.59 Å². The highest BCUT2D eigenvalue weighted by Gasteiger charge is 2.19. The van der Waals surface area contributed by atoms with Crippen LogP contribution in [0.5, 0.6) is 0 Å². The molecule has 0 atom stereocenters. The maximum atomic E-state index is 11.4. The molecule has 0 saturated heterocycles. The molecule has 0 aromatic carbocycles. The fourth-order valence-corrected chi connectivity index (χ4v) is 1.73. The van der Waals surface area contributed by atoms with Gasteiger partial charge in [0, 0.05) is 10.7 Å². The van der Waals surface area contributed by atoms with Crippen LogP contribution in [0.25, 0.3) is 5.52 Å². The Balaban J connectivity index is 2.75. The molecule has 0 radical (unpaired) electrons. The molecule has 16 heavy (non-hydrogen) atoms. The van der Waals surface area contributed by atoms with E-state index in [1.165, 1.54) is 11.6 Å². The number of methoxy groups -OCH3 is 1. The topological polar surface area (TPSA) is 60.7 Å². The summed E-state index contributed by atoms with van der Waals surface area (Å²) in [4.78, 5) is 22.3. The number of fused-ring (bicyclic) bond motifs is 1. The molecule has 2 rings (SSSR count). The molecule has 0 fully saturated rings. The molecule has 0 unspecified atom stereocenters. The number of halogens is 1. The van der Waals surface area contributed by atoms with Crippen molar-refractivity contribution in [2.24, 2.45) is 0 Å². The van der Waals surface area contributed by atoms with Crippen LogP contribution in [-0.4, -0.2) is 29.0 Å². The molecule has 0 amide bonds. The third kappa shape index (κ3) is 1.61. The number of ether oxygens (including phenoxy) is 1. The van der Waals surface area contributed by atoms with Crippen molar-refractivity contribution in [3.63, 3.8) is 0 Å². The zero-order chi connectivity index (χ0) is 11.7. The monoisotopic (exact) mass is 282 g/mol. The van der Waals surface area contributed by atoms with Crippen LogP contribution in [0, 0.1) is 0 Å². The molecule has 0 aliphatic heterocycles. The van der Waals surface area contributed by atoms with Gasteiger partial charge in [-0.15, -0.1) is 0 Å². The number of nitrogens with zero attached hydrogens (tertiary/aromatic N) is 2. The standard InChI is InChI=1S/C10H7BrN2O3/c1-16-10(15)9-7(5-14)8-3-2-6(11)4-13(8)12-9/h2-5H,1H3. The van der Waals surface area contributed by atoms with Crippen molar-refractivity contribution >= 4 is 33.7 Å². The van der Waals surface area contributed by atoms with Crippen LogP contribution in [0.3, 0.4) is 0 Å². The second-order valence-electron chi connectivity index (χ2n) is 3.05. The van der Waals surface area contributed by atoms with Crippen LogP contribution in [0.1, 0.15) is 20.8 Å². The number of aromatic nitrogens is 2. The normalized spacial score (nSPS) is 10.4. The lowest BCUT2D eigenvalue weighted by Crippen LogP contribution is -2.04. The molecule has 2 aromatic rings. The van der Waals surface area contributed by atoms with E-state index in [1.807, 2.05) is 0 Å². The SMILES string of the molecule is COC(=O)c1nn2cc(Br)ccc2c1C=O. The zero-order valence-electron chi connectivity index (χ0n) is 8.31. The molecule has 2 heterocycles. The molecule has 82 valence electrons. The van der Waals surface area contributed by atoms with Gasteiger partial charge in [0.2, 0.25) is 0 Å². The Morgan fingerprint density at radius 3 is 2.94 bits per heavy atom. The van der Waals surface area contributed by atoms with Crippen LogP contribution in [0.15, 0.2) is 22.8 Å². The molecule has 0 aliphatic rings. The van der Waals surface area contributed by atoms with Crippen molar-refractivity contribution in [3.05, 3.63) is 34.1 Å². The van der Waals surface area contributed by atoms with E-state index in [4.69, 9.17) is 0 Å². The number of hydrogen-bond acceptors (Lipinski definition) is 4. The van der Waals surface area contributed by atoms with E-state index in [0.717, 1.165) is 4.47 Å². The zero-order valence-corrected chi connectivity index (χ0v) is 9.89. The molecule has 6 heteroatoms. The first-order valence-corrected chi connectivity index (χ1v) is 5.18. The Bertz CT molecular complexity index is 577. The number of carbonyl (C=O) groups is 2. The molecule has 0 bridgehead atoms. The van der Waals surface area contributed by atoms with Gasteiger partial charge in [0.05, 0.1) is 18.2 Å². The lowest BCUT2D eigenvalue weighted by molar-refractivity contribution is 0.0591. The van der Waals surface area contributed by atoms with Crippen LogP contribution in [0.2, 0.25) is 0 Å². The van der Waals surface area contributed by atoms with Crippen molar-refractivity contribution in [1.29, 1.82) is 0 Å². The van der Waals surface area contributed by atoms with Gasteiger partial charge in [-0.1, -0.05) is 0 Å². The van der Waals surface area contributed by atoms with Gasteiger partial charge >= 0.3 is 5.97 Å². The maximum absolute atomic E-state index is 11.4. The second-order valence-corrected chi connectivity index (χ2v) is 3.96. The number of pyridine rings is 1. The summed E-state index contributed by atoms with van der Waals surface area (Å²) >= 11 is 3.28. The van der Waals surface area contributed by atoms with Crippen molar-refractivity contribution in [1.82, 2.24) is 9.61 Å². The lowest BCUT2D eigenvalue weighted by Gasteiger charge is -1.93. The average molecular weight is 283 g/mol. The third-order valence-electron chi connectivity index (χ3n) is 2.13. The Labute approximate surface area is 99.1 Å². The summed E-state index contributed by atoms with van der Waals surface area (Å²) in [6.45, 7) is 0. The molecule has 0 saturated carbocycles. The van der Waals surface area contributed by atoms with Gasteiger partial charge in [-0.25, -0.2) is 9.31 Å². The van der Waals surface area contributed by atoms with Crippen LogP contribution in [0.4, 0.5) is 0 Å². The fourth-order valence-electron chi connectivity index (χ4n) is 1.41. The summed E-state index contributed by atoms with van der Waals surface area (Å²) in [6, 6.07) is 3.47. The molecule has 0 spiro atoms. The fraction of sp³-hybridized carbons (Fsp3) is 0.100. The summed E-state index contributed by atoms with van der Waals surface area (Å²) in [7, 11) is 1.25.